The number of ketones is 2. The van der Waals surface area contributed by atoms with Gasteiger partial charge in [0.2, 0.25) is 0 Å². The second-order valence-corrected chi connectivity index (χ2v) is 17.5. The van der Waals surface area contributed by atoms with E-state index in [1.165, 1.54) is 14.0 Å². The molecule has 15 nitrogen and oxygen atoms in total. The summed E-state index contributed by atoms with van der Waals surface area (Å²) in [6.07, 6.45) is 5.24. The van der Waals surface area contributed by atoms with Crippen molar-refractivity contribution in [2.75, 3.05) is 34.8 Å². The molecule has 4 heterocycles. The van der Waals surface area contributed by atoms with Crippen molar-refractivity contribution in [1.29, 1.82) is 0 Å². The standard InChI is InChI=1S/C44H69N5O10/c1-13-35-44(8,56-26-50)39(48(11)19-14-15-20-49-24-33(46-25-49)32-17-16-18-45-23-32)29(4)36(51)27(2)22-43(7,55-12)40(30(5)37(52)31(6)41(54)58-35)59-42-38(53)34(47(9)10)21-28(3)57-42/h16-18,23-31,34-35,38-40,42,53H,13-15,19-22H2,1-12H3/t27-,28?,29+,30+,31-,34?,35-,38?,39-,40-,42?,43-,44-/m1/s1. The van der Waals surface area contributed by atoms with Crippen LogP contribution in [0.5, 0.6) is 0 Å². The zero-order valence-corrected chi connectivity index (χ0v) is 37.2. The molecule has 330 valence electrons. The van der Waals surface area contributed by atoms with Gasteiger partial charge in [-0.1, -0.05) is 27.7 Å². The molecule has 59 heavy (non-hydrogen) atoms. The van der Waals surface area contributed by atoms with Crippen LogP contribution in [-0.2, 0) is 49.4 Å². The van der Waals surface area contributed by atoms with E-state index in [0.717, 1.165) is 24.1 Å². The van der Waals surface area contributed by atoms with E-state index in [1.807, 2.05) is 81.5 Å². The van der Waals surface area contributed by atoms with Crippen LogP contribution < -0.4 is 0 Å². The predicted octanol–water partition coefficient (Wildman–Crippen LogP) is 4.58. The lowest BCUT2D eigenvalue weighted by Gasteiger charge is -2.49. The van der Waals surface area contributed by atoms with Crippen LogP contribution in [0.4, 0.5) is 0 Å². The normalized spacial score (nSPS) is 35.4. The van der Waals surface area contributed by atoms with Crippen molar-refractivity contribution < 1.29 is 48.0 Å². The molecule has 2 aromatic heterocycles. The summed E-state index contributed by atoms with van der Waals surface area (Å²) in [4.78, 5) is 68.2. The van der Waals surface area contributed by atoms with Crippen molar-refractivity contribution in [1.82, 2.24) is 24.3 Å². The zero-order chi connectivity index (χ0) is 43.8. The van der Waals surface area contributed by atoms with E-state index in [9.17, 15) is 24.3 Å². The number of rotatable bonds is 14. The van der Waals surface area contributed by atoms with Crippen LogP contribution in [0.2, 0.25) is 0 Å². The van der Waals surface area contributed by atoms with E-state index in [1.54, 1.807) is 39.5 Å². The highest BCUT2D eigenvalue weighted by atomic mass is 16.7. The number of likely N-dealkylation sites (N-methyl/N-ethyl adjacent to an activating group) is 2. The molecule has 2 aliphatic heterocycles. The summed E-state index contributed by atoms with van der Waals surface area (Å²) in [5, 5.41) is 11.5. The van der Waals surface area contributed by atoms with Gasteiger partial charge in [0.15, 0.2) is 17.7 Å². The van der Waals surface area contributed by atoms with Gasteiger partial charge in [0, 0.05) is 61.6 Å². The maximum atomic E-state index is 14.8. The lowest BCUT2D eigenvalue weighted by atomic mass is 9.73. The molecular weight excluding hydrogens is 759 g/mol. The number of Topliss-reactive ketones (excluding diaryl/α,β-unsaturated/α-hetero) is 2. The van der Waals surface area contributed by atoms with Crippen LogP contribution >= 0.6 is 0 Å². The SMILES string of the molecule is CC[C@H]1OC(=O)[C@H](C)C(=O)[C@H](C)[C@@H](OC2OC(C)CC(N(C)C)C2O)[C@](C)(OC)C[C@@H](C)C(=O)[C@H](C)[C@@H](N(C)CCCCn2cnc(-c3cccnc3)c2)[C@]1(C)OC=O. The van der Waals surface area contributed by atoms with Gasteiger partial charge in [-0.25, -0.2) is 4.98 Å². The highest BCUT2D eigenvalue weighted by Crippen LogP contribution is 2.40. The molecule has 0 spiro atoms. The number of aryl methyl sites for hydroxylation is 1. The predicted molar refractivity (Wildman–Crippen MR) is 221 cm³/mol. The lowest BCUT2D eigenvalue weighted by molar-refractivity contribution is -0.295. The minimum absolute atomic E-state index is 0.133. The molecule has 2 aliphatic rings. The summed E-state index contributed by atoms with van der Waals surface area (Å²) < 4.78 is 33.1. The number of pyridine rings is 1. The van der Waals surface area contributed by atoms with Gasteiger partial charge >= 0.3 is 5.97 Å². The molecule has 2 saturated heterocycles. The van der Waals surface area contributed by atoms with E-state index < -0.39 is 77.3 Å². The Morgan fingerprint density at radius 3 is 2.37 bits per heavy atom. The Balaban J connectivity index is 1.68. The Bertz CT molecular complexity index is 1690. The average Bonchev–Trinajstić information content (AvgIpc) is 3.69. The number of carbonyl (C=O) groups excluding carboxylic acids is 4. The number of unbranched alkanes of at least 4 members (excludes halogenated alkanes) is 1. The first kappa shape index (κ1) is 48.1. The molecule has 0 radical (unpaired) electrons. The first-order valence-electron chi connectivity index (χ1n) is 21.1. The first-order chi connectivity index (χ1) is 27.8. The number of aromatic nitrogens is 3. The molecule has 2 aromatic rings. The summed E-state index contributed by atoms with van der Waals surface area (Å²) in [5.74, 6) is -4.96. The Morgan fingerprint density at radius 2 is 1.76 bits per heavy atom. The van der Waals surface area contributed by atoms with Crippen LogP contribution in [0, 0.1) is 23.7 Å². The molecule has 15 heteroatoms. The monoisotopic (exact) mass is 828 g/mol. The Hall–Kier alpha value is -3.60. The van der Waals surface area contributed by atoms with Gasteiger partial charge in [-0.15, -0.1) is 0 Å². The third-order valence-corrected chi connectivity index (χ3v) is 12.8. The molecule has 1 N–H and O–H groups in total. The van der Waals surface area contributed by atoms with E-state index in [4.69, 9.17) is 23.7 Å². The summed E-state index contributed by atoms with van der Waals surface area (Å²) in [7, 11) is 7.13. The molecule has 4 rings (SSSR count). The van der Waals surface area contributed by atoms with E-state index in [2.05, 4.69) is 9.97 Å². The number of methoxy groups -OCH3 is 1. The number of nitrogens with zero attached hydrogens (tertiary/aromatic N) is 5. The van der Waals surface area contributed by atoms with E-state index in [-0.39, 0.29) is 30.8 Å². The minimum Gasteiger partial charge on any atom is -0.458 e. The summed E-state index contributed by atoms with van der Waals surface area (Å²) in [5.41, 5.74) is -0.990. The van der Waals surface area contributed by atoms with Crippen LogP contribution in [0.25, 0.3) is 11.3 Å². The van der Waals surface area contributed by atoms with Crippen LogP contribution in [0.1, 0.15) is 87.5 Å². The molecular formula is C44H69N5O10. The van der Waals surface area contributed by atoms with Crippen LogP contribution in [0.15, 0.2) is 37.1 Å². The highest BCUT2D eigenvalue weighted by Gasteiger charge is 2.54. The molecule has 0 saturated carbocycles. The molecule has 0 aliphatic carbocycles. The molecule has 0 bridgehead atoms. The number of imidazole rings is 1. The smallest absolute Gasteiger partial charge is 0.316 e. The van der Waals surface area contributed by atoms with Gasteiger partial charge < -0.3 is 38.3 Å². The Kier molecular flexibility index (Phi) is 16.9. The highest BCUT2D eigenvalue weighted by molar-refractivity contribution is 6.00. The number of aliphatic hydroxyl groups excluding tert-OH is 1. The average molecular weight is 828 g/mol. The Morgan fingerprint density at radius 1 is 1.05 bits per heavy atom. The topological polar surface area (TPSA) is 172 Å². The van der Waals surface area contributed by atoms with E-state index in [0.29, 0.717) is 26.0 Å². The number of cyclic esters (lactones) is 1. The summed E-state index contributed by atoms with van der Waals surface area (Å²) in [6, 6.07) is 2.81. The lowest BCUT2D eigenvalue weighted by Crippen LogP contribution is -2.63. The van der Waals surface area contributed by atoms with Gasteiger partial charge in [-0.3, -0.25) is 29.1 Å². The number of carbonyl (C=O) groups is 4. The molecule has 0 aromatic carbocycles. The van der Waals surface area contributed by atoms with Crippen molar-refractivity contribution in [3.8, 4) is 11.3 Å². The van der Waals surface area contributed by atoms with Crippen molar-refractivity contribution in [2.45, 2.75) is 148 Å². The van der Waals surface area contributed by atoms with Crippen molar-refractivity contribution in [3.63, 3.8) is 0 Å². The van der Waals surface area contributed by atoms with Gasteiger partial charge in [0.25, 0.3) is 6.47 Å². The Labute approximate surface area is 350 Å². The first-order valence-corrected chi connectivity index (χ1v) is 21.1. The van der Waals surface area contributed by atoms with Crippen molar-refractivity contribution in [2.24, 2.45) is 23.7 Å². The second kappa shape index (κ2) is 20.8. The molecule has 2 fully saturated rings. The quantitative estimate of drug-likeness (QED) is 0.121. The summed E-state index contributed by atoms with van der Waals surface area (Å²) in [6.45, 7) is 15.5. The number of ether oxygens (including phenoxy) is 5. The van der Waals surface area contributed by atoms with Crippen LogP contribution in [-0.4, -0.2) is 142 Å². The van der Waals surface area contributed by atoms with Gasteiger partial charge in [0.05, 0.1) is 35.9 Å². The van der Waals surface area contributed by atoms with Gasteiger partial charge in [-0.05, 0) is 99.6 Å². The van der Waals surface area contributed by atoms with Crippen LogP contribution in [0.3, 0.4) is 0 Å². The minimum atomic E-state index is -1.48. The fraction of sp³-hybridized carbons (Fsp3) is 0.727. The zero-order valence-electron chi connectivity index (χ0n) is 37.2. The fourth-order valence-corrected chi connectivity index (χ4v) is 9.42. The number of aliphatic hydroxyl groups is 1. The maximum Gasteiger partial charge on any atom is 0.316 e. The van der Waals surface area contributed by atoms with Gasteiger partial charge in [-0.2, -0.15) is 0 Å². The third-order valence-electron chi connectivity index (χ3n) is 12.8. The number of esters is 1. The second-order valence-electron chi connectivity index (χ2n) is 17.5. The molecule has 0 amide bonds. The molecule has 4 unspecified atom stereocenters. The third kappa shape index (κ3) is 11.0. The fourth-order valence-electron chi connectivity index (χ4n) is 9.42. The number of hydrogen-bond donors (Lipinski definition) is 1. The maximum absolute atomic E-state index is 14.8. The van der Waals surface area contributed by atoms with Crippen molar-refractivity contribution >= 4 is 24.0 Å². The van der Waals surface area contributed by atoms with E-state index >= 15 is 0 Å². The number of hydrogen-bond acceptors (Lipinski definition) is 14. The van der Waals surface area contributed by atoms with Crippen molar-refractivity contribution in [3.05, 3.63) is 37.1 Å². The van der Waals surface area contributed by atoms with Gasteiger partial charge in [0.1, 0.15) is 23.9 Å². The summed E-state index contributed by atoms with van der Waals surface area (Å²) >= 11 is 0. The molecule has 13 atom stereocenters. The largest absolute Gasteiger partial charge is 0.458 e.